The molecule has 0 aliphatic heterocycles. The fourth-order valence-electron chi connectivity index (χ4n) is 3.40. The summed E-state index contributed by atoms with van der Waals surface area (Å²) >= 11 is 0. The largest absolute Gasteiger partial charge is 0.494 e. The minimum atomic E-state index is -4.26. The molecule has 0 saturated heterocycles. The Morgan fingerprint density at radius 2 is 1.67 bits per heavy atom. The third-order valence-electron chi connectivity index (χ3n) is 5.46. The summed E-state index contributed by atoms with van der Waals surface area (Å²) in [5, 5.41) is 8.33. The van der Waals surface area contributed by atoms with Crippen molar-refractivity contribution < 1.29 is 27.0 Å². The summed E-state index contributed by atoms with van der Waals surface area (Å²) < 4.78 is 60.4. The number of methoxy groups -OCH3 is 3. The van der Waals surface area contributed by atoms with Crippen molar-refractivity contribution in [1.29, 1.82) is 0 Å². The molecule has 0 amide bonds. The van der Waals surface area contributed by atoms with Crippen molar-refractivity contribution in [3.63, 3.8) is 0 Å². The van der Waals surface area contributed by atoms with Crippen molar-refractivity contribution in [3.05, 3.63) is 58.9 Å². The highest BCUT2D eigenvalue weighted by Gasteiger charge is 2.27. The topological polar surface area (TPSA) is 142 Å². The molecule has 3 aromatic rings. The summed E-state index contributed by atoms with van der Waals surface area (Å²) in [6, 6.07) is 10.1. The molecule has 0 atom stereocenters. The van der Waals surface area contributed by atoms with Gasteiger partial charge in [0.2, 0.25) is 11.8 Å². The van der Waals surface area contributed by atoms with Crippen LogP contribution in [0.25, 0.3) is 17.2 Å². The second-order valence-electron chi connectivity index (χ2n) is 7.87. The molecule has 39 heavy (non-hydrogen) atoms. The van der Waals surface area contributed by atoms with Gasteiger partial charge in [0.1, 0.15) is 28.7 Å². The zero-order valence-corrected chi connectivity index (χ0v) is 23.1. The number of benzene rings is 1. The van der Waals surface area contributed by atoms with E-state index in [2.05, 4.69) is 36.6 Å². The van der Waals surface area contributed by atoms with Crippen LogP contribution in [0.15, 0.2) is 68.9 Å². The number of hydrogen-bond acceptors (Lipinski definition) is 9. The Morgan fingerprint density at radius 3 is 2.23 bits per heavy atom. The lowest BCUT2D eigenvalue weighted by molar-refractivity contribution is 0.391. The number of sulfonamides is 1. The second-order valence-corrected chi connectivity index (χ2v) is 9.70. The number of aliphatic imine (C=N–C) groups is 2. The Balaban J connectivity index is 2.26. The number of amidine groups is 1. The van der Waals surface area contributed by atoms with Gasteiger partial charge in [-0.25, -0.2) is 32.5 Å². The first-order valence-corrected chi connectivity index (χ1v) is 12.8. The van der Waals surface area contributed by atoms with Gasteiger partial charge in [-0.15, -0.1) is 10.2 Å². The van der Waals surface area contributed by atoms with Gasteiger partial charge in [0.15, 0.2) is 11.7 Å². The van der Waals surface area contributed by atoms with Crippen LogP contribution in [0, 0.1) is 0 Å². The van der Waals surface area contributed by atoms with E-state index in [-0.39, 0.29) is 28.1 Å². The van der Waals surface area contributed by atoms with Gasteiger partial charge in [0, 0.05) is 11.6 Å². The summed E-state index contributed by atoms with van der Waals surface area (Å²) in [4.78, 5) is 11.9. The van der Waals surface area contributed by atoms with E-state index >= 15 is 0 Å². The molecular formula is C25H28FN7O5S. The van der Waals surface area contributed by atoms with Gasteiger partial charge in [-0.3, -0.25) is 4.57 Å². The number of pyridine rings is 1. The predicted molar refractivity (Wildman–Crippen MR) is 147 cm³/mol. The molecule has 0 spiro atoms. The van der Waals surface area contributed by atoms with Gasteiger partial charge in [-0.2, -0.15) is 0 Å². The lowest BCUT2D eigenvalue weighted by Crippen LogP contribution is -2.19. The number of para-hydroxylation sites is 1. The molecule has 0 fully saturated rings. The highest BCUT2D eigenvalue weighted by atomic mass is 32.2. The molecule has 3 rings (SSSR count). The van der Waals surface area contributed by atoms with Gasteiger partial charge < -0.3 is 14.2 Å². The van der Waals surface area contributed by atoms with Crippen molar-refractivity contribution in [1.82, 2.24) is 19.7 Å². The van der Waals surface area contributed by atoms with Crippen LogP contribution < -0.4 is 18.9 Å². The first kappa shape index (κ1) is 29.0. The number of nitrogens with zero attached hydrogens (tertiary/aromatic N) is 6. The third-order valence-corrected chi connectivity index (χ3v) is 7.02. The predicted octanol–water partition coefficient (Wildman–Crippen LogP) is 4.32. The van der Waals surface area contributed by atoms with Gasteiger partial charge in [-0.05, 0) is 45.7 Å². The number of rotatable bonds is 10. The van der Waals surface area contributed by atoms with E-state index in [9.17, 15) is 12.8 Å². The van der Waals surface area contributed by atoms with Crippen molar-refractivity contribution >= 4 is 28.5 Å². The Bertz CT molecular complexity index is 1550. The summed E-state index contributed by atoms with van der Waals surface area (Å²) in [7, 11) is 0.131. The summed E-state index contributed by atoms with van der Waals surface area (Å²) in [5.74, 6) is 0.346. The van der Waals surface area contributed by atoms with Gasteiger partial charge in [0.25, 0.3) is 10.0 Å². The molecule has 0 radical (unpaired) electrons. The van der Waals surface area contributed by atoms with Crippen LogP contribution in [-0.2, 0) is 10.0 Å². The van der Waals surface area contributed by atoms with Crippen LogP contribution in [0.3, 0.4) is 0 Å². The third kappa shape index (κ3) is 6.29. The maximum atomic E-state index is 13.5. The highest BCUT2D eigenvalue weighted by molar-refractivity contribution is 7.96. The molecule has 2 heterocycles. The standard InChI is InChI=1S/C25H28FN7O5S/c1-15(26)14-28-23(27-4)16(2)17(3)39(34,35)32-25-31-30-24(18-10-8-13-21(29-18)38-7)33(25)22-19(36-5)11-9-12-20(22)37-6/h8-14H,4H2,1-3,5-7H3,(H,31,32)/b15-14+,17-16+,28-23+. The van der Waals surface area contributed by atoms with Crippen molar-refractivity contribution in [2.24, 2.45) is 9.98 Å². The second kappa shape index (κ2) is 12.3. The quantitative estimate of drug-likeness (QED) is 0.287. The minimum Gasteiger partial charge on any atom is -0.494 e. The summed E-state index contributed by atoms with van der Waals surface area (Å²) in [6.45, 7) is 7.42. The fourth-order valence-corrected chi connectivity index (χ4v) is 4.42. The lowest BCUT2D eigenvalue weighted by Gasteiger charge is -2.18. The first-order chi connectivity index (χ1) is 18.6. The summed E-state index contributed by atoms with van der Waals surface area (Å²) in [6.07, 6.45) is 0.916. The molecule has 1 aromatic carbocycles. The van der Waals surface area contributed by atoms with E-state index in [1.807, 2.05) is 0 Å². The highest BCUT2D eigenvalue weighted by Crippen LogP contribution is 2.37. The van der Waals surface area contributed by atoms with Crippen LogP contribution in [0.5, 0.6) is 17.4 Å². The lowest BCUT2D eigenvalue weighted by atomic mass is 10.2. The van der Waals surface area contributed by atoms with Gasteiger partial charge in [0.05, 0.1) is 32.4 Å². The maximum Gasteiger partial charge on any atom is 0.260 e. The van der Waals surface area contributed by atoms with Crippen LogP contribution >= 0.6 is 0 Å². The summed E-state index contributed by atoms with van der Waals surface area (Å²) in [5.41, 5.74) is 0.801. The molecule has 14 heteroatoms. The van der Waals surface area contributed by atoms with Gasteiger partial charge in [-0.1, -0.05) is 12.1 Å². The van der Waals surface area contributed by atoms with E-state index in [1.54, 1.807) is 36.4 Å². The average molecular weight is 558 g/mol. The molecule has 206 valence electrons. The molecular weight excluding hydrogens is 529 g/mol. The average Bonchev–Trinajstić information content (AvgIpc) is 3.34. The number of halogens is 1. The van der Waals surface area contributed by atoms with E-state index in [1.165, 1.54) is 46.7 Å². The maximum absolute atomic E-state index is 13.5. The number of allylic oxidation sites excluding steroid dienone is 2. The normalized spacial score (nSPS) is 13.0. The SMILES string of the molecule is C=NC(=N/C=C(\C)F)/C(C)=C(\C)S(=O)(=O)Nc1nnc(-c2cccc(OC)n2)n1-c1c(OC)cccc1OC. The van der Waals surface area contributed by atoms with E-state index in [4.69, 9.17) is 14.2 Å². The van der Waals surface area contributed by atoms with E-state index in [0.717, 1.165) is 6.20 Å². The van der Waals surface area contributed by atoms with Gasteiger partial charge >= 0.3 is 0 Å². The van der Waals surface area contributed by atoms with Crippen LogP contribution in [0.2, 0.25) is 0 Å². The Hall–Kier alpha value is -4.59. The number of hydrogen-bond donors (Lipinski definition) is 1. The molecule has 0 saturated carbocycles. The number of aromatic nitrogens is 4. The number of nitrogens with one attached hydrogen (secondary N) is 1. The Kier molecular flexibility index (Phi) is 9.14. The van der Waals surface area contributed by atoms with Crippen LogP contribution in [0.4, 0.5) is 10.3 Å². The van der Waals surface area contributed by atoms with Crippen molar-refractivity contribution in [3.8, 4) is 34.6 Å². The number of anilines is 1. The fraction of sp³-hybridized carbons (Fsp3) is 0.240. The van der Waals surface area contributed by atoms with Crippen LogP contribution in [0.1, 0.15) is 20.8 Å². The van der Waals surface area contributed by atoms with E-state index < -0.39 is 15.9 Å². The van der Waals surface area contributed by atoms with E-state index in [0.29, 0.717) is 28.8 Å². The Morgan fingerprint density at radius 1 is 1.03 bits per heavy atom. The minimum absolute atomic E-state index is 0.0657. The van der Waals surface area contributed by atoms with Crippen LogP contribution in [-0.4, -0.2) is 62.0 Å². The smallest absolute Gasteiger partial charge is 0.260 e. The number of ether oxygens (including phenoxy) is 3. The zero-order chi connectivity index (χ0) is 28.7. The molecule has 12 nitrogen and oxygen atoms in total. The molecule has 0 aliphatic rings. The van der Waals surface area contributed by atoms with Crippen molar-refractivity contribution in [2.45, 2.75) is 20.8 Å². The zero-order valence-electron chi connectivity index (χ0n) is 22.3. The molecule has 0 bridgehead atoms. The molecule has 1 N–H and O–H groups in total. The molecule has 0 aliphatic carbocycles. The first-order valence-electron chi connectivity index (χ1n) is 11.3. The Labute approximate surface area is 225 Å². The molecule has 0 unspecified atom stereocenters. The molecule has 2 aromatic heterocycles. The van der Waals surface area contributed by atoms with Crippen molar-refractivity contribution in [2.75, 3.05) is 26.1 Å². The monoisotopic (exact) mass is 557 g/mol.